The monoisotopic (exact) mass is 332 g/mol. The van der Waals surface area contributed by atoms with Crippen molar-refractivity contribution in [3.8, 4) is 11.1 Å². The summed E-state index contributed by atoms with van der Waals surface area (Å²) in [6.45, 7) is 4.03. The van der Waals surface area contributed by atoms with Crippen LogP contribution in [0.4, 0.5) is 10.8 Å². The smallest absolute Gasteiger partial charge is 0.188 e. The second kappa shape index (κ2) is 6.02. The molecule has 3 heterocycles. The molecular formula is C19H16N4S. The van der Waals surface area contributed by atoms with E-state index < -0.39 is 0 Å². The van der Waals surface area contributed by atoms with E-state index >= 15 is 0 Å². The number of aromatic nitrogens is 3. The largest absolute Gasteiger partial charge is 0.330 e. The Hall–Kier alpha value is -2.79. The van der Waals surface area contributed by atoms with Crippen LogP contribution in [0.3, 0.4) is 0 Å². The number of hydrogen-bond acceptors (Lipinski definition) is 5. The Balaban J connectivity index is 1.67. The summed E-state index contributed by atoms with van der Waals surface area (Å²) in [6, 6.07) is 12.5. The third kappa shape index (κ3) is 2.98. The van der Waals surface area contributed by atoms with Crippen molar-refractivity contribution < 1.29 is 0 Å². The lowest BCUT2D eigenvalue weighted by molar-refractivity contribution is 1.20. The molecule has 0 amide bonds. The first kappa shape index (κ1) is 14.8. The van der Waals surface area contributed by atoms with Crippen molar-refractivity contribution in [2.24, 2.45) is 0 Å². The lowest BCUT2D eigenvalue weighted by atomic mass is 10.1. The van der Waals surface area contributed by atoms with Gasteiger partial charge in [-0.2, -0.15) is 0 Å². The fourth-order valence-electron chi connectivity index (χ4n) is 2.54. The van der Waals surface area contributed by atoms with Gasteiger partial charge in [-0.3, -0.25) is 9.97 Å². The van der Waals surface area contributed by atoms with Gasteiger partial charge in [0.15, 0.2) is 5.13 Å². The molecule has 0 aliphatic carbocycles. The Kier molecular flexibility index (Phi) is 3.70. The van der Waals surface area contributed by atoms with Crippen LogP contribution in [0.5, 0.6) is 0 Å². The molecule has 5 heteroatoms. The Morgan fingerprint density at radius 1 is 0.917 bits per heavy atom. The molecule has 0 unspecified atom stereocenters. The van der Waals surface area contributed by atoms with Crippen LogP contribution < -0.4 is 5.32 Å². The van der Waals surface area contributed by atoms with Gasteiger partial charge >= 0.3 is 0 Å². The number of hydrogen-bond donors (Lipinski definition) is 1. The van der Waals surface area contributed by atoms with E-state index in [1.165, 1.54) is 0 Å². The van der Waals surface area contributed by atoms with Gasteiger partial charge in [0.2, 0.25) is 0 Å². The lowest BCUT2D eigenvalue weighted by Crippen LogP contribution is -1.90. The van der Waals surface area contributed by atoms with Crippen molar-refractivity contribution in [3.63, 3.8) is 0 Å². The van der Waals surface area contributed by atoms with Crippen LogP contribution in [-0.4, -0.2) is 15.0 Å². The van der Waals surface area contributed by atoms with E-state index in [1.807, 2.05) is 37.6 Å². The second-order valence-corrected chi connectivity index (χ2v) is 6.80. The number of fused-ring (bicyclic) bond motifs is 1. The van der Waals surface area contributed by atoms with Crippen LogP contribution in [0, 0.1) is 13.8 Å². The number of anilines is 2. The van der Waals surface area contributed by atoms with Crippen molar-refractivity contribution in [3.05, 3.63) is 66.2 Å². The molecule has 0 fully saturated rings. The zero-order valence-electron chi connectivity index (χ0n) is 13.4. The first-order valence-corrected chi connectivity index (χ1v) is 8.51. The van der Waals surface area contributed by atoms with Gasteiger partial charge in [0, 0.05) is 23.7 Å². The van der Waals surface area contributed by atoms with Crippen molar-refractivity contribution in [2.75, 3.05) is 5.32 Å². The maximum atomic E-state index is 4.65. The van der Waals surface area contributed by atoms with Gasteiger partial charge in [-0.25, -0.2) is 4.98 Å². The third-order valence-electron chi connectivity index (χ3n) is 3.76. The second-order valence-electron chi connectivity index (χ2n) is 5.77. The highest BCUT2D eigenvalue weighted by molar-refractivity contribution is 7.22. The molecule has 0 aliphatic heterocycles. The van der Waals surface area contributed by atoms with Crippen LogP contribution in [0.1, 0.15) is 11.3 Å². The molecule has 1 aromatic carbocycles. The molecule has 4 rings (SSSR count). The van der Waals surface area contributed by atoms with Crippen molar-refractivity contribution in [1.82, 2.24) is 15.0 Å². The minimum absolute atomic E-state index is 0.871. The summed E-state index contributed by atoms with van der Waals surface area (Å²) < 4.78 is 1.15. The maximum absolute atomic E-state index is 4.65. The fraction of sp³-hybridized carbons (Fsp3) is 0.105. The summed E-state index contributed by atoms with van der Waals surface area (Å²) in [5.41, 5.74) is 6.38. The first-order valence-electron chi connectivity index (χ1n) is 7.70. The molecule has 0 atom stereocenters. The average molecular weight is 332 g/mol. The quantitative estimate of drug-likeness (QED) is 0.566. The Bertz CT molecular complexity index is 1010. The van der Waals surface area contributed by atoms with Gasteiger partial charge in [0.25, 0.3) is 0 Å². The molecule has 118 valence electrons. The molecule has 0 saturated heterocycles. The standard InChI is InChI=1S/C19H16N4S/c1-12-7-15(10-20-9-12)14-4-6-17-18(8-14)24-19(23-17)22-16-5-3-13(2)21-11-16/h3-11H,1-2H3,(H,22,23). The summed E-state index contributed by atoms with van der Waals surface area (Å²) in [6.07, 6.45) is 5.59. The molecule has 0 spiro atoms. The average Bonchev–Trinajstić information content (AvgIpc) is 2.98. The zero-order valence-corrected chi connectivity index (χ0v) is 14.3. The van der Waals surface area contributed by atoms with Gasteiger partial charge in [-0.05, 0) is 55.3 Å². The highest BCUT2D eigenvalue weighted by atomic mass is 32.1. The van der Waals surface area contributed by atoms with Gasteiger partial charge < -0.3 is 5.32 Å². The van der Waals surface area contributed by atoms with Crippen LogP contribution >= 0.6 is 11.3 Å². The number of aryl methyl sites for hydroxylation is 2. The molecule has 0 radical (unpaired) electrons. The summed E-state index contributed by atoms with van der Waals surface area (Å²) in [7, 11) is 0. The van der Waals surface area contributed by atoms with Crippen LogP contribution in [0.15, 0.2) is 55.0 Å². The number of rotatable bonds is 3. The van der Waals surface area contributed by atoms with Gasteiger partial charge in [-0.15, -0.1) is 0 Å². The number of benzene rings is 1. The molecule has 0 aliphatic rings. The summed E-state index contributed by atoms with van der Waals surface area (Å²) in [5.74, 6) is 0. The number of nitrogens with one attached hydrogen (secondary N) is 1. The molecule has 0 saturated carbocycles. The van der Waals surface area contributed by atoms with Gasteiger partial charge in [0.1, 0.15) is 0 Å². The summed E-state index contributed by atoms with van der Waals surface area (Å²) in [4.78, 5) is 13.2. The number of pyridine rings is 2. The van der Waals surface area contributed by atoms with Crippen LogP contribution in [-0.2, 0) is 0 Å². The van der Waals surface area contributed by atoms with Crippen molar-refractivity contribution in [2.45, 2.75) is 13.8 Å². The maximum Gasteiger partial charge on any atom is 0.188 e. The molecule has 1 N–H and O–H groups in total. The Morgan fingerprint density at radius 3 is 2.62 bits per heavy atom. The molecular weight excluding hydrogens is 316 g/mol. The van der Waals surface area contributed by atoms with Gasteiger partial charge in [0.05, 0.1) is 22.1 Å². The van der Waals surface area contributed by atoms with E-state index in [4.69, 9.17) is 0 Å². The van der Waals surface area contributed by atoms with E-state index in [0.29, 0.717) is 0 Å². The molecule has 3 aromatic heterocycles. The minimum atomic E-state index is 0.871. The van der Waals surface area contributed by atoms with Crippen LogP contribution in [0.25, 0.3) is 21.3 Å². The number of nitrogens with zero attached hydrogens (tertiary/aromatic N) is 3. The Morgan fingerprint density at radius 2 is 1.83 bits per heavy atom. The molecule has 4 nitrogen and oxygen atoms in total. The minimum Gasteiger partial charge on any atom is -0.330 e. The summed E-state index contributed by atoms with van der Waals surface area (Å²) >= 11 is 1.64. The van der Waals surface area contributed by atoms with E-state index in [1.54, 1.807) is 11.3 Å². The van der Waals surface area contributed by atoms with E-state index in [9.17, 15) is 0 Å². The van der Waals surface area contributed by atoms with E-state index in [2.05, 4.69) is 51.5 Å². The Labute approximate surface area is 144 Å². The SMILES string of the molecule is Cc1cncc(-c2ccc3nc(Nc4ccc(C)nc4)sc3c2)c1. The lowest BCUT2D eigenvalue weighted by Gasteiger charge is -2.01. The predicted molar refractivity (Wildman–Crippen MR) is 99.8 cm³/mol. The van der Waals surface area contributed by atoms with E-state index in [-0.39, 0.29) is 0 Å². The molecule has 24 heavy (non-hydrogen) atoms. The normalized spacial score (nSPS) is 10.9. The number of thiazole rings is 1. The highest BCUT2D eigenvalue weighted by Gasteiger charge is 2.07. The molecule has 4 aromatic rings. The van der Waals surface area contributed by atoms with Crippen LogP contribution in [0.2, 0.25) is 0 Å². The predicted octanol–water partition coefficient (Wildman–Crippen LogP) is 5.11. The molecule has 0 bridgehead atoms. The summed E-state index contributed by atoms with van der Waals surface area (Å²) in [5, 5.41) is 4.19. The first-order chi connectivity index (χ1) is 11.7. The third-order valence-corrected chi connectivity index (χ3v) is 4.69. The zero-order chi connectivity index (χ0) is 16.5. The van der Waals surface area contributed by atoms with Crippen molar-refractivity contribution in [1.29, 1.82) is 0 Å². The van der Waals surface area contributed by atoms with Gasteiger partial charge in [-0.1, -0.05) is 17.4 Å². The van der Waals surface area contributed by atoms with Crippen molar-refractivity contribution >= 4 is 32.4 Å². The highest BCUT2D eigenvalue weighted by Crippen LogP contribution is 2.31. The topological polar surface area (TPSA) is 50.7 Å². The fourth-order valence-corrected chi connectivity index (χ4v) is 3.46. The van der Waals surface area contributed by atoms with E-state index in [0.717, 1.165) is 43.4 Å².